The molecule has 2 aromatic heterocycles. The summed E-state index contributed by atoms with van der Waals surface area (Å²) in [5.74, 6) is -8.42. The third kappa shape index (κ3) is 13.5. The number of rotatable bonds is 16. The molecule has 0 spiro atoms. The molecule has 7 atom stereocenters. The van der Waals surface area contributed by atoms with Crippen LogP contribution in [-0.4, -0.2) is 164 Å². The smallest absolute Gasteiger partial charge is 0.352 e. The Morgan fingerprint density at radius 1 is 0.873 bits per heavy atom. The first kappa shape index (κ1) is 57.5. The second-order valence-electron chi connectivity index (χ2n) is 17.7. The fraction of sp³-hybridized carbons (Fsp3) is 0.260. The van der Waals surface area contributed by atoms with Gasteiger partial charge in [-0.15, -0.1) is 16.9 Å². The summed E-state index contributed by atoms with van der Waals surface area (Å²) in [5.41, 5.74) is -1.31. The van der Waals surface area contributed by atoms with Crippen LogP contribution in [0.2, 0.25) is 0 Å². The number of hydrogen-bond acceptors (Lipinski definition) is 22. The molecule has 8 rings (SSSR count). The summed E-state index contributed by atoms with van der Waals surface area (Å²) in [7, 11) is 1.65. The highest BCUT2D eigenvalue weighted by Crippen LogP contribution is 2.42. The first-order valence-corrected chi connectivity index (χ1v) is 25.3. The number of aliphatic hydroxyl groups is 2. The second-order valence-corrected chi connectivity index (χ2v) is 19.8. The van der Waals surface area contributed by atoms with Crippen molar-refractivity contribution in [2.45, 2.75) is 66.3 Å². The molecule has 79 heavy (non-hydrogen) atoms. The molecular weight excluding hydrogens is 1080 g/mol. The van der Waals surface area contributed by atoms with E-state index in [-0.39, 0.29) is 51.1 Å². The van der Waals surface area contributed by atoms with E-state index < -0.39 is 113 Å². The number of thioether (sulfide) groups is 2. The van der Waals surface area contributed by atoms with Crippen molar-refractivity contribution in [2.24, 2.45) is 7.05 Å². The predicted molar refractivity (Wildman–Crippen MR) is 275 cm³/mol. The molecule has 3 aliphatic rings. The van der Waals surface area contributed by atoms with Crippen LogP contribution < -0.4 is 16.1 Å². The monoisotopic (exact) mass is 1130 g/mol. The summed E-state index contributed by atoms with van der Waals surface area (Å²) in [5, 5.41) is 104. The Hall–Kier alpha value is -9.19. The lowest BCUT2D eigenvalue weighted by molar-refractivity contribution is -0.207. The van der Waals surface area contributed by atoms with Crippen molar-refractivity contribution in [1.82, 2.24) is 40.7 Å². The molecular formula is C50H48N8O19S2. The molecule has 3 amide bonds. The predicted octanol–water partition coefficient (Wildman–Crippen LogP) is 0.944. The van der Waals surface area contributed by atoms with Gasteiger partial charge >= 0.3 is 23.9 Å². The lowest BCUT2D eigenvalue weighted by Gasteiger charge is -2.49. The van der Waals surface area contributed by atoms with Gasteiger partial charge in [0.25, 0.3) is 11.8 Å². The Morgan fingerprint density at radius 3 is 2.08 bits per heavy atom. The number of tetrazole rings is 1. The lowest BCUT2D eigenvalue weighted by atomic mass is 9.79. The normalized spacial score (nSPS) is 21.0. The van der Waals surface area contributed by atoms with Crippen LogP contribution in [0, 0.1) is 6.92 Å². The minimum Gasteiger partial charge on any atom is -0.508 e. The number of fused-ring (bicyclic) bond motifs is 1. The van der Waals surface area contributed by atoms with Gasteiger partial charge in [-0.3, -0.25) is 24.1 Å². The molecule has 1 saturated heterocycles. The Balaban J connectivity index is 0.000000231. The number of phenolic OH excluding ortho intramolecular Hbond substituents is 5. The minimum atomic E-state index is -2.34. The summed E-state index contributed by atoms with van der Waals surface area (Å²) < 4.78 is 11.7. The topological polar surface area (TPSA) is 424 Å². The number of β-lactam (4-membered cyclic amide) rings is 1. The number of esters is 2. The molecule has 414 valence electrons. The fourth-order valence-corrected chi connectivity index (χ4v) is 10.5. The highest BCUT2D eigenvalue weighted by molar-refractivity contribution is 8.01. The Kier molecular flexibility index (Phi) is 17.8. The molecule has 0 bridgehead atoms. The van der Waals surface area contributed by atoms with E-state index in [0.717, 1.165) is 23.1 Å². The van der Waals surface area contributed by atoms with E-state index in [9.17, 15) is 84.3 Å². The number of aryl methyl sites for hydroxylation is 2. The number of aromatic amines is 1. The molecule has 27 nitrogen and oxygen atoms in total. The van der Waals surface area contributed by atoms with Crippen LogP contribution in [0.5, 0.6) is 28.7 Å². The zero-order valence-corrected chi connectivity index (χ0v) is 42.8. The van der Waals surface area contributed by atoms with E-state index in [4.69, 9.17) is 9.47 Å². The second kappa shape index (κ2) is 24.4. The number of aromatic hydroxyl groups is 5. The van der Waals surface area contributed by atoms with Gasteiger partial charge in [0, 0.05) is 61.5 Å². The van der Waals surface area contributed by atoms with Gasteiger partial charge in [-0.25, -0.2) is 23.9 Å². The van der Waals surface area contributed by atoms with Crippen LogP contribution in [-0.2, 0) is 45.3 Å². The first-order chi connectivity index (χ1) is 37.4. The Bertz CT molecular complexity index is 3360. The Labute approximate surface area is 453 Å². The van der Waals surface area contributed by atoms with Gasteiger partial charge in [0.2, 0.25) is 16.7 Å². The lowest BCUT2D eigenvalue weighted by Crippen LogP contribution is -2.71. The van der Waals surface area contributed by atoms with Crippen molar-refractivity contribution < 1.29 is 89.0 Å². The number of carbonyl (C=O) groups excluding carboxylic acids is 5. The Morgan fingerprint density at radius 2 is 1.51 bits per heavy atom. The number of phenols is 5. The van der Waals surface area contributed by atoms with Crippen LogP contribution in [0.15, 0.2) is 106 Å². The van der Waals surface area contributed by atoms with Gasteiger partial charge in [-0.2, -0.15) is 0 Å². The average Bonchev–Trinajstić information content (AvgIpc) is 3.97. The number of aromatic nitrogens is 5. The molecule has 12 N–H and O–H groups in total. The van der Waals surface area contributed by atoms with E-state index in [1.54, 1.807) is 14.0 Å². The van der Waals surface area contributed by atoms with Gasteiger partial charge in [0.15, 0.2) is 28.4 Å². The summed E-state index contributed by atoms with van der Waals surface area (Å²) in [4.78, 5) is 105. The number of amides is 3. The van der Waals surface area contributed by atoms with Crippen LogP contribution in [0.3, 0.4) is 0 Å². The van der Waals surface area contributed by atoms with Gasteiger partial charge in [-0.1, -0.05) is 36.0 Å². The summed E-state index contributed by atoms with van der Waals surface area (Å²) in [6.45, 7) is 1.65. The molecule has 0 radical (unpaired) electrons. The van der Waals surface area contributed by atoms with E-state index in [1.165, 1.54) is 107 Å². The van der Waals surface area contributed by atoms with E-state index in [1.807, 2.05) is 0 Å². The van der Waals surface area contributed by atoms with Crippen molar-refractivity contribution in [3.05, 3.63) is 135 Å². The molecule has 2 aliphatic heterocycles. The number of benzene rings is 3. The molecule has 0 unspecified atom stereocenters. The number of nitrogens with zero attached hydrogens (tertiary/aromatic N) is 5. The maximum Gasteiger partial charge on any atom is 0.352 e. The van der Waals surface area contributed by atoms with Crippen molar-refractivity contribution in [3.8, 4) is 28.7 Å². The van der Waals surface area contributed by atoms with Gasteiger partial charge in [-0.05, 0) is 88.2 Å². The van der Waals surface area contributed by atoms with Crippen LogP contribution in [0.4, 0.5) is 0 Å². The SMILES string of the molecule is Cc1cc(=O)c(C(=O)N[C@@H](C(=O)N[C@@H]2C(=O)N3C(C(=O)O)=C(CSc4nnnn4C)CS[C@H]23)c2ccc(O)cc2)c[nH]1.O=C(/C=C/c1ccc(O)c(O)c1)O[C@@H]1C[C@@](OC(=O)/C=C/c2ccc(O)c(O)c2)(C(=O)O)C[C@@H](O)[C@@H]1O. The molecule has 5 aromatic rings. The zero-order chi connectivity index (χ0) is 57.5. The van der Waals surface area contributed by atoms with Crippen molar-refractivity contribution >= 4 is 77.3 Å². The van der Waals surface area contributed by atoms with Crippen LogP contribution >= 0.6 is 23.5 Å². The molecule has 4 heterocycles. The minimum absolute atomic E-state index is 0.0694. The number of aliphatic carboxylic acids is 2. The maximum absolute atomic E-state index is 13.5. The quantitative estimate of drug-likeness (QED) is 0.0215. The third-order valence-corrected chi connectivity index (χ3v) is 14.6. The molecule has 3 aromatic carbocycles. The number of H-pyrrole nitrogens is 1. The number of ether oxygens (including phenoxy) is 2. The molecule has 1 aliphatic carbocycles. The van der Waals surface area contributed by atoms with Crippen molar-refractivity contribution in [3.63, 3.8) is 0 Å². The average molecular weight is 1130 g/mol. The largest absolute Gasteiger partial charge is 0.508 e. The maximum atomic E-state index is 13.5. The van der Waals surface area contributed by atoms with Crippen LogP contribution in [0.1, 0.15) is 51.6 Å². The number of aliphatic hydroxyl groups excluding tert-OH is 2. The number of carboxylic acids is 2. The number of nitrogens with one attached hydrogen (secondary N) is 3. The van der Waals surface area contributed by atoms with Crippen molar-refractivity contribution in [2.75, 3.05) is 11.5 Å². The fourth-order valence-electron chi connectivity index (χ4n) is 8.13. The van der Waals surface area contributed by atoms with E-state index in [0.29, 0.717) is 22.0 Å². The van der Waals surface area contributed by atoms with Crippen molar-refractivity contribution in [1.29, 1.82) is 0 Å². The van der Waals surface area contributed by atoms with Crippen LogP contribution in [0.25, 0.3) is 12.2 Å². The standard InChI is InChI=1S/C25H24N8O7S2.C25H24O12/c1-11-7-16(35)15(8-26-11)20(36)27-17(12-3-5-14(34)6-4-12)21(37)28-18-22(38)33-19(24(39)40)13(9-41-23(18)33)10-42-25-29-30-31-32(25)2;26-15-5-1-13(9-17(15)28)3-7-21(31)36-20-12-25(24(34)35,11-19(30)23(20)33)37-22(32)8-4-14-2-6-16(27)18(29)10-14/h3-8,17-18,23,34H,9-10H2,1-2H3,(H,26,35)(H,27,36)(H,28,37)(H,39,40);1-10,19-20,23,26-30,33H,11-12H2,(H,34,35)/b;7-3+,8-4+/t17-,18-,23-;19-,20-,23+,25-/m11/s1. The summed E-state index contributed by atoms with van der Waals surface area (Å²) >= 11 is 2.52. The van der Waals surface area contributed by atoms with E-state index in [2.05, 4.69) is 31.1 Å². The first-order valence-electron chi connectivity index (χ1n) is 23.2. The molecule has 2 fully saturated rings. The number of hydrogen-bond donors (Lipinski definition) is 12. The van der Waals surface area contributed by atoms with Gasteiger partial charge in [0.05, 0.1) is 6.10 Å². The number of carboxylic acid groups (broad SMARTS) is 2. The zero-order valence-electron chi connectivity index (χ0n) is 41.2. The van der Waals surface area contributed by atoms with Gasteiger partial charge in [0.1, 0.15) is 46.7 Å². The van der Waals surface area contributed by atoms with Gasteiger partial charge < -0.3 is 71.1 Å². The highest BCUT2D eigenvalue weighted by Gasteiger charge is 2.56. The summed E-state index contributed by atoms with van der Waals surface area (Å²) in [6, 6.07) is 11.8. The number of carbonyl (C=O) groups is 7. The summed E-state index contributed by atoms with van der Waals surface area (Å²) in [6.07, 6.45) is -0.854. The van der Waals surface area contributed by atoms with E-state index >= 15 is 0 Å². The number of pyridine rings is 1. The third-order valence-electron chi connectivity index (χ3n) is 12.2. The molecule has 1 saturated carbocycles. The molecule has 29 heteroatoms. The highest BCUT2D eigenvalue weighted by atomic mass is 32.2.